The summed E-state index contributed by atoms with van der Waals surface area (Å²) in [7, 11) is -4.16. The highest BCUT2D eigenvalue weighted by Crippen LogP contribution is 2.27. The molecule has 0 aliphatic heterocycles. The molecule has 0 spiro atoms. The van der Waals surface area contributed by atoms with Gasteiger partial charge in [0.1, 0.15) is 12.6 Å². The van der Waals surface area contributed by atoms with E-state index in [1.807, 2.05) is 95.3 Å². The maximum Gasteiger partial charge on any atom is 0.264 e. The number of amides is 2. The number of benzene rings is 4. The van der Waals surface area contributed by atoms with Gasteiger partial charge in [-0.25, -0.2) is 8.42 Å². The van der Waals surface area contributed by atoms with Crippen LogP contribution in [0.3, 0.4) is 0 Å². The molecule has 4 rings (SSSR count). The first-order valence-electron chi connectivity index (χ1n) is 15.4. The fourth-order valence-corrected chi connectivity index (χ4v) is 6.93. The molecule has 0 fully saturated rings. The molecule has 4 aromatic rings. The van der Waals surface area contributed by atoms with Gasteiger partial charge in [0, 0.05) is 23.5 Å². The van der Waals surface area contributed by atoms with Crippen molar-refractivity contribution in [1.29, 1.82) is 0 Å². The number of nitrogens with zero attached hydrogens (tertiary/aromatic N) is 2. The number of aryl methyl sites for hydroxylation is 3. The molecule has 0 unspecified atom stereocenters. The third-order valence-electron chi connectivity index (χ3n) is 8.18. The van der Waals surface area contributed by atoms with Gasteiger partial charge < -0.3 is 10.2 Å². The second kappa shape index (κ2) is 15.6. The average Bonchev–Trinajstić information content (AvgIpc) is 3.03. The van der Waals surface area contributed by atoms with Crippen LogP contribution in [0.2, 0.25) is 0 Å². The highest BCUT2D eigenvalue weighted by atomic mass is 79.9. The third-order valence-corrected chi connectivity index (χ3v) is 10.5. The number of carbonyl (C=O) groups is 2. The minimum Gasteiger partial charge on any atom is -0.352 e. The van der Waals surface area contributed by atoms with Crippen LogP contribution in [-0.2, 0) is 32.6 Å². The molecular weight excluding hydrogens is 662 g/mol. The predicted molar refractivity (Wildman–Crippen MR) is 188 cm³/mol. The van der Waals surface area contributed by atoms with E-state index in [1.54, 1.807) is 36.4 Å². The minimum absolute atomic E-state index is 0.0815. The lowest BCUT2D eigenvalue weighted by Gasteiger charge is -2.34. The number of rotatable bonds is 13. The van der Waals surface area contributed by atoms with Crippen LogP contribution in [0.1, 0.15) is 48.1 Å². The van der Waals surface area contributed by atoms with Crippen LogP contribution in [0.5, 0.6) is 0 Å². The van der Waals surface area contributed by atoms with Crippen molar-refractivity contribution in [2.75, 3.05) is 10.8 Å². The van der Waals surface area contributed by atoms with E-state index in [0.717, 1.165) is 43.0 Å². The van der Waals surface area contributed by atoms with Gasteiger partial charge >= 0.3 is 0 Å². The van der Waals surface area contributed by atoms with Crippen LogP contribution < -0.4 is 9.62 Å². The molecule has 7 nitrogen and oxygen atoms in total. The van der Waals surface area contributed by atoms with Gasteiger partial charge in [-0.3, -0.25) is 13.9 Å². The van der Waals surface area contributed by atoms with Crippen molar-refractivity contribution in [2.24, 2.45) is 0 Å². The molecule has 242 valence electrons. The second-order valence-electron chi connectivity index (χ2n) is 11.8. The van der Waals surface area contributed by atoms with Gasteiger partial charge in [-0.2, -0.15) is 0 Å². The number of carbonyl (C=O) groups excluding carboxylic acids is 2. The molecule has 2 atom stereocenters. The summed E-state index contributed by atoms with van der Waals surface area (Å²) >= 11 is 3.52. The summed E-state index contributed by atoms with van der Waals surface area (Å²) in [4.78, 5) is 30.2. The quantitative estimate of drug-likeness (QED) is 0.161. The first kappa shape index (κ1) is 34.9. The Morgan fingerprint density at radius 3 is 2.13 bits per heavy atom. The van der Waals surface area contributed by atoms with Gasteiger partial charge in [-0.05, 0) is 92.8 Å². The van der Waals surface area contributed by atoms with Crippen LogP contribution in [0.15, 0.2) is 106 Å². The Labute approximate surface area is 281 Å². The van der Waals surface area contributed by atoms with E-state index in [-0.39, 0.29) is 29.8 Å². The van der Waals surface area contributed by atoms with Crippen molar-refractivity contribution < 1.29 is 18.0 Å². The molecule has 0 saturated heterocycles. The largest absolute Gasteiger partial charge is 0.352 e. The first-order chi connectivity index (χ1) is 21.9. The maximum atomic E-state index is 14.6. The smallest absolute Gasteiger partial charge is 0.264 e. The zero-order chi connectivity index (χ0) is 33.4. The van der Waals surface area contributed by atoms with E-state index in [0.29, 0.717) is 5.69 Å². The SMILES string of the molecule is CC[C@@H](C)NC(=O)[C@@H](Cc1ccccc1)N(Cc1cccc(Br)c1)C(=O)CN(c1ccc(C)c(C)c1)S(=O)(=O)c1ccc(C)cc1. The Kier molecular flexibility index (Phi) is 11.8. The molecule has 2 amide bonds. The molecule has 4 aromatic carbocycles. The number of halogens is 1. The van der Waals surface area contributed by atoms with Gasteiger partial charge in [-0.1, -0.05) is 89.1 Å². The van der Waals surface area contributed by atoms with E-state index in [9.17, 15) is 18.0 Å². The first-order valence-corrected chi connectivity index (χ1v) is 17.7. The van der Waals surface area contributed by atoms with E-state index in [2.05, 4.69) is 21.2 Å². The molecule has 0 radical (unpaired) electrons. The molecule has 0 heterocycles. The average molecular weight is 705 g/mol. The maximum absolute atomic E-state index is 14.6. The van der Waals surface area contributed by atoms with E-state index >= 15 is 0 Å². The number of hydrogen-bond donors (Lipinski definition) is 1. The zero-order valence-corrected chi connectivity index (χ0v) is 29.4. The number of nitrogens with one attached hydrogen (secondary N) is 1. The Balaban J connectivity index is 1.83. The van der Waals surface area contributed by atoms with Gasteiger partial charge in [-0.15, -0.1) is 0 Å². The van der Waals surface area contributed by atoms with Gasteiger partial charge in [0.05, 0.1) is 10.6 Å². The molecule has 0 aromatic heterocycles. The fourth-order valence-electron chi connectivity index (χ4n) is 5.07. The fraction of sp³-hybridized carbons (Fsp3) is 0.297. The Morgan fingerprint density at radius 1 is 0.826 bits per heavy atom. The lowest BCUT2D eigenvalue weighted by Crippen LogP contribution is -2.54. The lowest BCUT2D eigenvalue weighted by atomic mass is 10.0. The van der Waals surface area contributed by atoms with Crippen molar-refractivity contribution in [3.05, 3.63) is 129 Å². The molecule has 9 heteroatoms. The Bertz CT molecular complexity index is 1760. The van der Waals surface area contributed by atoms with Crippen LogP contribution in [0, 0.1) is 20.8 Å². The summed E-state index contributed by atoms with van der Waals surface area (Å²) in [6, 6.07) is 28.0. The number of sulfonamides is 1. The van der Waals surface area contributed by atoms with E-state index in [1.165, 1.54) is 4.90 Å². The van der Waals surface area contributed by atoms with E-state index < -0.39 is 28.5 Å². The third kappa shape index (κ3) is 8.85. The molecule has 1 N–H and O–H groups in total. The minimum atomic E-state index is -4.16. The van der Waals surface area contributed by atoms with Crippen molar-refractivity contribution in [3.8, 4) is 0 Å². The van der Waals surface area contributed by atoms with Gasteiger partial charge in [0.25, 0.3) is 10.0 Å². The van der Waals surface area contributed by atoms with Crippen LogP contribution in [-0.4, -0.2) is 43.8 Å². The lowest BCUT2D eigenvalue weighted by molar-refractivity contribution is -0.140. The van der Waals surface area contributed by atoms with Crippen molar-refractivity contribution in [1.82, 2.24) is 10.2 Å². The van der Waals surface area contributed by atoms with Crippen molar-refractivity contribution >= 4 is 43.5 Å². The van der Waals surface area contributed by atoms with Crippen molar-refractivity contribution in [3.63, 3.8) is 0 Å². The second-order valence-corrected chi connectivity index (χ2v) is 14.5. The highest BCUT2D eigenvalue weighted by molar-refractivity contribution is 9.10. The monoisotopic (exact) mass is 703 g/mol. The molecule has 0 bridgehead atoms. The number of hydrogen-bond acceptors (Lipinski definition) is 4. The highest BCUT2D eigenvalue weighted by Gasteiger charge is 2.35. The topological polar surface area (TPSA) is 86.8 Å². The normalized spacial score (nSPS) is 12.7. The number of anilines is 1. The van der Waals surface area contributed by atoms with Crippen LogP contribution in [0.4, 0.5) is 5.69 Å². The summed E-state index contributed by atoms with van der Waals surface area (Å²) in [5.41, 5.74) is 4.89. The Morgan fingerprint density at radius 2 is 1.50 bits per heavy atom. The molecule has 0 saturated carbocycles. The summed E-state index contributed by atoms with van der Waals surface area (Å²) in [5.74, 6) is -0.783. The van der Waals surface area contributed by atoms with Gasteiger partial charge in [0.2, 0.25) is 11.8 Å². The standard InChI is InChI=1S/C37H42BrN3O4S/c1-6-29(5)39-37(43)35(23-30-11-8-7-9-12-30)40(24-31-13-10-14-32(38)22-31)36(42)25-41(33-18-17-27(3)28(4)21-33)46(44,45)34-19-15-26(2)16-20-34/h7-22,29,35H,6,23-25H2,1-5H3,(H,39,43)/t29-,35-/m1/s1. The molecule has 0 aliphatic carbocycles. The van der Waals surface area contributed by atoms with E-state index in [4.69, 9.17) is 0 Å². The van der Waals surface area contributed by atoms with Gasteiger partial charge in [0.15, 0.2) is 0 Å². The summed E-state index contributed by atoms with van der Waals surface area (Å²) in [6.07, 6.45) is 0.982. The van der Waals surface area contributed by atoms with Crippen LogP contribution in [0.25, 0.3) is 0 Å². The molecule has 0 aliphatic rings. The summed E-state index contributed by atoms with van der Waals surface area (Å²) in [6.45, 7) is 9.27. The zero-order valence-electron chi connectivity index (χ0n) is 27.0. The summed E-state index contributed by atoms with van der Waals surface area (Å²) < 4.78 is 30.5. The van der Waals surface area contributed by atoms with Crippen molar-refractivity contribution in [2.45, 2.75) is 71.0 Å². The predicted octanol–water partition coefficient (Wildman–Crippen LogP) is 7.12. The molecule has 46 heavy (non-hydrogen) atoms. The van der Waals surface area contributed by atoms with Crippen LogP contribution >= 0.6 is 15.9 Å². The Hall–Kier alpha value is -3.95. The molecular formula is C37H42BrN3O4S. The summed E-state index contributed by atoms with van der Waals surface area (Å²) in [5, 5.41) is 3.07.